The molecule has 4 rings (SSSR count). The summed E-state index contributed by atoms with van der Waals surface area (Å²) in [6.07, 6.45) is 0. The summed E-state index contributed by atoms with van der Waals surface area (Å²) in [4.78, 5) is 15.8. The number of hydrogen-bond donors (Lipinski definition) is 1. The lowest BCUT2D eigenvalue weighted by Gasteiger charge is -2.10. The molecule has 2 aromatic carbocycles. The van der Waals surface area contributed by atoms with Crippen LogP contribution in [-0.4, -0.2) is 19.7 Å². The van der Waals surface area contributed by atoms with Crippen molar-refractivity contribution < 1.29 is 4.74 Å². The summed E-state index contributed by atoms with van der Waals surface area (Å²) in [5.74, 6) is 2.08. The highest BCUT2D eigenvalue weighted by atomic mass is 35.5. The number of fused-ring (bicyclic) bond motifs is 1. The fourth-order valence-corrected chi connectivity index (χ4v) is 4.39. The summed E-state index contributed by atoms with van der Waals surface area (Å²) in [5, 5.41) is 10.8. The van der Waals surface area contributed by atoms with Gasteiger partial charge in [0, 0.05) is 40.0 Å². The second-order valence-electron chi connectivity index (χ2n) is 7.34. The molecule has 0 saturated carbocycles. The molecule has 0 aliphatic rings. The molecule has 31 heavy (non-hydrogen) atoms. The number of aromatic amines is 1. The van der Waals surface area contributed by atoms with E-state index in [1.165, 1.54) is 11.8 Å². The summed E-state index contributed by atoms with van der Waals surface area (Å²) in [7, 11) is 0. The van der Waals surface area contributed by atoms with Gasteiger partial charge in [-0.1, -0.05) is 35.0 Å². The minimum Gasteiger partial charge on any atom is -0.486 e. The number of halogens is 1. The van der Waals surface area contributed by atoms with E-state index in [-0.39, 0.29) is 5.43 Å². The van der Waals surface area contributed by atoms with Gasteiger partial charge >= 0.3 is 0 Å². The van der Waals surface area contributed by atoms with Gasteiger partial charge < -0.3 is 14.3 Å². The van der Waals surface area contributed by atoms with Crippen molar-refractivity contribution in [2.45, 2.75) is 44.8 Å². The molecular weight excluding hydrogens is 432 g/mol. The fraction of sp³-hybridized carbons (Fsp3) is 0.261. The Balaban J connectivity index is 1.47. The quantitative estimate of drug-likeness (QED) is 0.384. The zero-order valence-corrected chi connectivity index (χ0v) is 19.2. The van der Waals surface area contributed by atoms with Crippen LogP contribution in [0.3, 0.4) is 0 Å². The second kappa shape index (κ2) is 9.16. The van der Waals surface area contributed by atoms with Crippen LogP contribution in [0.4, 0.5) is 0 Å². The second-order valence-corrected chi connectivity index (χ2v) is 8.69. The molecule has 160 valence electrons. The molecule has 0 radical (unpaired) electrons. The SMILES string of the molecule is CCn1c(COc2ccc(Cl)c(C)c2)nnc1SCc1cc(=O)c2cc(C)ccc2[nH]1. The number of aromatic nitrogens is 4. The minimum absolute atomic E-state index is 0.0253. The van der Waals surface area contributed by atoms with E-state index in [1.54, 1.807) is 6.07 Å². The van der Waals surface area contributed by atoms with Gasteiger partial charge in [0.2, 0.25) is 0 Å². The van der Waals surface area contributed by atoms with E-state index in [9.17, 15) is 4.79 Å². The van der Waals surface area contributed by atoms with Crippen molar-refractivity contribution in [1.82, 2.24) is 19.7 Å². The lowest BCUT2D eigenvalue weighted by Crippen LogP contribution is -2.08. The molecule has 2 aromatic heterocycles. The predicted molar refractivity (Wildman–Crippen MR) is 125 cm³/mol. The molecule has 0 unspecified atom stereocenters. The molecule has 6 nitrogen and oxygen atoms in total. The molecule has 0 bridgehead atoms. The van der Waals surface area contributed by atoms with E-state index in [1.807, 2.05) is 61.7 Å². The standard InChI is InChI=1S/C23H23ClN4O2S/c1-4-28-22(12-30-17-6-7-19(24)15(3)10-17)26-27-23(28)31-13-16-11-21(29)18-9-14(2)5-8-20(18)25-16/h5-11H,4,12-13H2,1-3H3,(H,25,29). The minimum atomic E-state index is 0.0253. The van der Waals surface area contributed by atoms with E-state index in [0.29, 0.717) is 22.8 Å². The van der Waals surface area contributed by atoms with Crippen LogP contribution < -0.4 is 10.2 Å². The van der Waals surface area contributed by atoms with Gasteiger partial charge in [0.05, 0.1) is 0 Å². The lowest BCUT2D eigenvalue weighted by atomic mass is 10.1. The number of rotatable bonds is 7. The Bertz CT molecular complexity index is 1300. The summed E-state index contributed by atoms with van der Waals surface area (Å²) in [6.45, 7) is 7.01. The normalized spacial score (nSPS) is 11.2. The van der Waals surface area contributed by atoms with Gasteiger partial charge in [0.1, 0.15) is 12.4 Å². The summed E-state index contributed by atoms with van der Waals surface area (Å²) in [5.41, 5.74) is 3.76. The Kier molecular flexibility index (Phi) is 6.34. The van der Waals surface area contributed by atoms with Crippen LogP contribution in [0.2, 0.25) is 5.02 Å². The van der Waals surface area contributed by atoms with Crippen LogP contribution in [0.25, 0.3) is 10.9 Å². The van der Waals surface area contributed by atoms with Crippen molar-refractivity contribution in [3.8, 4) is 5.75 Å². The van der Waals surface area contributed by atoms with Crippen molar-refractivity contribution >= 4 is 34.3 Å². The first kappa shape index (κ1) is 21.5. The third kappa shape index (κ3) is 4.78. The first-order valence-corrected chi connectivity index (χ1v) is 11.4. The number of thioether (sulfide) groups is 1. The third-order valence-corrected chi connectivity index (χ3v) is 6.44. The maximum Gasteiger partial charge on any atom is 0.191 e. The highest BCUT2D eigenvalue weighted by Crippen LogP contribution is 2.24. The lowest BCUT2D eigenvalue weighted by molar-refractivity contribution is 0.288. The zero-order valence-electron chi connectivity index (χ0n) is 17.6. The molecule has 0 amide bonds. The Hall–Kier alpha value is -2.77. The Morgan fingerprint density at radius 3 is 2.74 bits per heavy atom. The Morgan fingerprint density at radius 1 is 1.13 bits per heavy atom. The number of nitrogens with one attached hydrogen (secondary N) is 1. The average Bonchev–Trinajstić information content (AvgIpc) is 3.15. The molecule has 0 aliphatic carbocycles. The number of aryl methyl sites for hydroxylation is 2. The van der Waals surface area contributed by atoms with Crippen LogP contribution >= 0.6 is 23.4 Å². The highest BCUT2D eigenvalue weighted by molar-refractivity contribution is 7.98. The molecule has 4 aromatic rings. The molecule has 0 spiro atoms. The van der Waals surface area contributed by atoms with Gasteiger partial charge in [-0.3, -0.25) is 4.79 Å². The van der Waals surface area contributed by atoms with Gasteiger partial charge in [-0.05, 0) is 56.7 Å². The molecule has 2 heterocycles. The van der Waals surface area contributed by atoms with Crippen molar-refractivity contribution in [2.24, 2.45) is 0 Å². The Labute approximate surface area is 189 Å². The number of nitrogens with zero attached hydrogens (tertiary/aromatic N) is 3. The molecule has 0 fully saturated rings. The molecule has 1 N–H and O–H groups in total. The van der Waals surface area contributed by atoms with Gasteiger partial charge in [-0.25, -0.2) is 0 Å². The van der Waals surface area contributed by atoms with Crippen LogP contribution in [0.15, 0.2) is 52.4 Å². The molecule has 0 saturated heterocycles. The summed E-state index contributed by atoms with van der Waals surface area (Å²) < 4.78 is 7.91. The van der Waals surface area contributed by atoms with E-state index in [2.05, 4.69) is 15.2 Å². The average molecular weight is 455 g/mol. The highest BCUT2D eigenvalue weighted by Gasteiger charge is 2.13. The number of pyridine rings is 1. The van der Waals surface area contributed by atoms with Crippen LogP contribution in [0.5, 0.6) is 5.75 Å². The van der Waals surface area contributed by atoms with Gasteiger partial charge in [-0.15, -0.1) is 10.2 Å². The summed E-state index contributed by atoms with van der Waals surface area (Å²) in [6, 6.07) is 13.1. The monoisotopic (exact) mass is 454 g/mol. The largest absolute Gasteiger partial charge is 0.486 e. The maximum absolute atomic E-state index is 12.5. The van der Waals surface area contributed by atoms with E-state index < -0.39 is 0 Å². The number of hydrogen-bond acceptors (Lipinski definition) is 5. The number of ether oxygens (including phenoxy) is 1. The molecular formula is C23H23ClN4O2S. The summed E-state index contributed by atoms with van der Waals surface area (Å²) >= 11 is 7.61. The van der Waals surface area contributed by atoms with Gasteiger partial charge in [0.15, 0.2) is 16.4 Å². The van der Waals surface area contributed by atoms with Crippen molar-refractivity contribution in [3.05, 3.63) is 80.4 Å². The number of H-pyrrole nitrogens is 1. The first-order valence-electron chi connectivity index (χ1n) is 10.0. The molecule has 0 atom stereocenters. The number of benzene rings is 2. The van der Waals surface area contributed by atoms with Crippen LogP contribution in [-0.2, 0) is 18.9 Å². The van der Waals surface area contributed by atoms with Crippen molar-refractivity contribution in [1.29, 1.82) is 0 Å². The van der Waals surface area contributed by atoms with Crippen LogP contribution in [0.1, 0.15) is 29.6 Å². The van der Waals surface area contributed by atoms with E-state index in [4.69, 9.17) is 16.3 Å². The van der Waals surface area contributed by atoms with Crippen molar-refractivity contribution in [3.63, 3.8) is 0 Å². The van der Waals surface area contributed by atoms with Gasteiger partial charge in [-0.2, -0.15) is 0 Å². The van der Waals surface area contributed by atoms with Crippen molar-refractivity contribution in [2.75, 3.05) is 0 Å². The Morgan fingerprint density at radius 2 is 1.97 bits per heavy atom. The van der Waals surface area contributed by atoms with E-state index >= 15 is 0 Å². The third-order valence-electron chi connectivity index (χ3n) is 5.00. The molecule has 0 aliphatic heterocycles. The predicted octanol–water partition coefficient (Wildman–Crippen LogP) is 5.28. The first-order chi connectivity index (χ1) is 14.9. The van der Waals surface area contributed by atoms with E-state index in [0.717, 1.165) is 45.6 Å². The fourth-order valence-electron chi connectivity index (χ4n) is 3.34. The maximum atomic E-state index is 12.5. The molecule has 8 heteroatoms. The van der Waals surface area contributed by atoms with Gasteiger partial charge in [0.25, 0.3) is 0 Å². The van der Waals surface area contributed by atoms with Crippen LogP contribution in [0, 0.1) is 13.8 Å². The topological polar surface area (TPSA) is 72.8 Å². The zero-order chi connectivity index (χ0) is 22.0. The smallest absolute Gasteiger partial charge is 0.191 e.